The van der Waals surface area contributed by atoms with Crippen molar-refractivity contribution >= 4 is 109 Å². The van der Waals surface area contributed by atoms with Crippen LogP contribution in [0.15, 0.2) is 93.6 Å². The van der Waals surface area contributed by atoms with Gasteiger partial charge in [0.15, 0.2) is 0 Å². The average molecular weight is 1310 g/mol. The average Bonchev–Trinajstić information content (AvgIpc) is 4.26. The monoisotopic (exact) mass is 1310 g/mol. The number of nitrogens with one attached hydrogen (secondary N) is 4. The summed E-state index contributed by atoms with van der Waals surface area (Å²) < 4.78 is 0. The number of aromatic nitrogens is 7. The standard InChI is InChI=1S/C59H55N13O11S6/c1-27-41(74)21-72-47(27)58-69-40(26-88-58)55-65-36(22-85-55)45-32(16-17-33(62-45)54-67-37(23-86-54)49(79)61-18-8-4-7-11-43(76)77)53-66-38(24-84-53)50(80)63-34(20-42(60)75)56-71-44(28(2)89-56)52(82)70-46(48(78)30-9-5-3-6-10-30)57-68-39(25-87-57)51(81)64-35(59(72)83)19-29-12-14-31(73)15-13-29/h3,5-6,9-10,12-17,22-27,34-35,41,46-48,73-74,78H,4,7-8,11,18-21H2,1-2H3,(H2,60,75)(H,61,79)(H,63,80)(H,64,81)(H,70,82)(H,76,77)/t27-,34-,35-,41-,46-,47-,48+/m0/s1. The number of benzene rings is 2. The van der Waals surface area contributed by atoms with Gasteiger partial charge in [-0.15, -0.1) is 68.0 Å². The fourth-order valence-corrected chi connectivity index (χ4v) is 15.5. The Bertz CT molecular complexity index is 4120. The van der Waals surface area contributed by atoms with Gasteiger partial charge in [-0.05, 0) is 55.2 Å². The lowest BCUT2D eigenvalue weighted by Crippen LogP contribution is -2.50. The second-order valence-corrected chi connectivity index (χ2v) is 26.6. The summed E-state index contributed by atoms with van der Waals surface area (Å²) >= 11 is 6.88. The molecule has 24 nitrogen and oxygen atoms in total. The molecule has 10 bridgehead atoms. The molecule has 2 aromatic carbocycles. The molecule has 0 saturated carbocycles. The zero-order valence-electron chi connectivity index (χ0n) is 47.2. The lowest BCUT2D eigenvalue weighted by molar-refractivity contribution is -0.137. The van der Waals surface area contributed by atoms with Gasteiger partial charge in [-0.3, -0.25) is 33.6 Å². The molecule has 9 aromatic rings. The molecule has 6 amide bonds. The van der Waals surface area contributed by atoms with E-state index >= 15 is 4.79 Å². The van der Waals surface area contributed by atoms with Crippen molar-refractivity contribution in [2.24, 2.45) is 11.7 Å². The number of aliphatic carboxylic acids is 1. The number of carboxylic acids is 1. The van der Waals surface area contributed by atoms with Gasteiger partial charge in [0, 0.05) is 69.2 Å². The van der Waals surface area contributed by atoms with E-state index in [2.05, 4.69) is 36.2 Å². The summed E-state index contributed by atoms with van der Waals surface area (Å²) in [6.45, 7) is 3.67. The first kappa shape index (κ1) is 62.0. The van der Waals surface area contributed by atoms with Crippen LogP contribution in [0.4, 0.5) is 0 Å². The van der Waals surface area contributed by atoms with Crippen molar-refractivity contribution < 1.29 is 54.0 Å². The van der Waals surface area contributed by atoms with E-state index in [4.69, 9.17) is 30.8 Å². The third-order valence-electron chi connectivity index (χ3n) is 14.8. The van der Waals surface area contributed by atoms with E-state index in [-0.39, 0.29) is 57.9 Å². The number of aryl methyl sites for hydroxylation is 1. The third-order valence-corrected chi connectivity index (χ3v) is 20.3. The van der Waals surface area contributed by atoms with Gasteiger partial charge in [-0.2, -0.15) is 0 Å². The fraction of sp³-hybridized carbons (Fsp3) is 0.288. The molecule has 9 heterocycles. The molecule has 2 aliphatic heterocycles. The summed E-state index contributed by atoms with van der Waals surface area (Å²) in [6, 6.07) is 13.7. The van der Waals surface area contributed by atoms with Crippen LogP contribution in [0.3, 0.4) is 0 Å². The Morgan fingerprint density at radius 3 is 2.11 bits per heavy atom. The number of aliphatic hydroxyl groups is 2. The maximum Gasteiger partial charge on any atom is 0.303 e. The topological polar surface area (TPSA) is 368 Å². The quantitative estimate of drug-likeness (QED) is 0.0471. The van der Waals surface area contributed by atoms with Crippen molar-refractivity contribution in [2.75, 3.05) is 13.1 Å². The van der Waals surface area contributed by atoms with E-state index in [9.17, 15) is 44.1 Å². The van der Waals surface area contributed by atoms with Crippen LogP contribution in [0.5, 0.6) is 5.75 Å². The number of carboxylic acid groups (broad SMARTS) is 1. The number of phenolic OH excluding ortho intramolecular Hbond substituents is 1. The molecule has 30 heteroatoms. The first-order chi connectivity index (χ1) is 42.8. The van der Waals surface area contributed by atoms with E-state index in [0.717, 1.165) is 34.0 Å². The Hall–Kier alpha value is -8.62. The normalized spacial score (nSPS) is 19.2. The molecule has 0 aliphatic carbocycles. The number of phenols is 1. The molecule has 0 spiro atoms. The summed E-state index contributed by atoms with van der Waals surface area (Å²) in [5.74, 6) is -5.34. The van der Waals surface area contributed by atoms with Crippen LogP contribution in [0, 0.1) is 12.8 Å². The number of hydrogen-bond acceptors (Lipinski definition) is 23. The summed E-state index contributed by atoms with van der Waals surface area (Å²) in [6.07, 6.45) is -1.10. The smallest absolute Gasteiger partial charge is 0.303 e. The molecule has 89 heavy (non-hydrogen) atoms. The third kappa shape index (κ3) is 14.0. The molecule has 7 aromatic heterocycles. The molecular formula is C59H55N13O11S6. The van der Waals surface area contributed by atoms with Gasteiger partial charge in [0.2, 0.25) is 11.8 Å². The number of nitrogens with zero attached hydrogens (tertiary/aromatic N) is 8. The van der Waals surface area contributed by atoms with Crippen molar-refractivity contribution in [3.8, 4) is 49.1 Å². The first-order valence-electron chi connectivity index (χ1n) is 27.8. The zero-order chi connectivity index (χ0) is 62.6. The number of hydrogen-bond donors (Lipinski definition) is 9. The van der Waals surface area contributed by atoms with Crippen molar-refractivity contribution in [3.05, 3.63) is 147 Å². The molecule has 458 valence electrons. The molecule has 10 N–H and O–H groups in total. The molecule has 0 unspecified atom stereocenters. The molecule has 0 radical (unpaired) electrons. The van der Waals surface area contributed by atoms with Crippen molar-refractivity contribution in [1.29, 1.82) is 0 Å². The minimum atomic E-state index is -1.42. The maximum absolute atomic E-state index is 15.2. The Morgan fingerprint density at radius 1 is 0.685 bits per heavy atom. The van der Waals surface area contributed by atoms with Gasteiger partial charge in [-0.25, -0.2) is 34.9 Å². The summed E-state index contributed by atoms with van der Waals surface area (Å²) in [4.78, 5) is 131. The van der Waals surface area contributed by atoms with Crippen molar-refractivity contribution in [2.45, 2.75) is 88.7 Å². The van der Waals surface area contributed by atoms with Crippen LogP contribution < -0.4 is 27.0 Å². The van der Waals surface area contributed by atoms with Crippen LogP contribution in [0.1, 0.15) is 136 Å². The van der Waals surface area contributed by atoms with Gasteiger partial charge in [0.05, 0.1) is 30.3 Å². The second kappa shape index (κ2) is 27.0. The van der Waals surface area contributed by atoms with Gasteiger partial charge >= 0.3 is 5.97 Å². The lowest BCUT2D eigenvalue weighted by Gasteiger charge is -2.29. The molecule has 2 aliphatic rings. The Balaban J connectivity index is 0.982. The number of carbonyl (C=O) groups excluding carboxylic acids is 6. The number of thiazole rings is 6. The van der Waals surface area contributed by atoms with Gasteiger partial charge in [0.1, 0.15) is 93.8 Å². The van der Waals surface area contributed by atoms with Crippen LogP contribution in [-0.4, -0.2) is 127 Å². The largest absolute Gasteiger partial charge is 0.508 e. The van der Waals surface area contributed by atoms with Crippen molar-refractivity contribution in [3.63, 3.8) is 0 Å². The Labute approximate surface area is 531 Å². The van der Waals surface area contributed by atoms with E-state index in [1.807, 2.05) is 6.92 Å². The Kier molecular flexibility index (Phi) is 18.8. The van der Waals surface area contributed by atoms with E-state index in [0.29, 0.717) is 90.2 Å². The number of aliphatic hydroxyl groups excluding tert-OH is 2. The molecular weight excluding hydrogens is 1260 g/mol. The number of aromatic hydroxyl groups is 1. The van der Waals surface area contributed by atoms with Crippen LogP contribution in [0.25, 0.3) is 43.4 Å². The predicted molar refractivity (Wildman–Crippen MR) is 334 cm³/mol. The number of rotatable bonds is 14. The molecule has 7 atom stereocenters. The molecule has 1 fully saturated rings. The van der Waals surface area contributed by atoms with E-state index in [1.54, 1.807) is 77.7 Å². The van der Waals surface area contributed by atoms with Gasteiger partial charge in [-0.1, -0.05) is 55.8 Å². The lowest BCUT2D eigenvalue weighted by atomic mass is 10.00. The number of fused-ring (bicyclic) bond motifs is 16. The molecule has 11 rings (SSSR count). The number of unbranched alkanes of at least 4 members (excludes halogenated alkanes) is 2. The number of pyridine rings is 1. The fourth-order valence-electron chi connectivity index (χ4n) is 10.2. The summed E-state index contributed by atoms with van der Waals surface area (Å²) in [5.41, 5.74) is 8.70. The van der Waals surface area contributed by atoms with E-state index in [1.165, 1.54) is 61.8 Å². The van der Waals surface area contributed by atoms with Crippen LogP contribution in [0.2, 0.25) is 0 Å². The number of nitrogens with two attached hydrogens (primary N) is 1. The highest BCUT2D eigenvalue weighted by Crippen LogP contribution is 2.43. The van der Waals surface area contributed by atoms with Gasteiger partial charge < -0.3 is 52.3 Å². The van der Waals surface area contributed by atoms with E-state index < -0.39 is 90.1 Å². The first-order valence-corrected chi connectivity index (χ1v) is 33.0. The predicted octanol–water partition coefficient (Wildman–Crippen LogP) is 7.66. The number of carbonyl (C=O) groups is 7. The minimum Gasteiger partial charge on any atom is -0.508 e. The van der Waals surface area contributed by atoms with Crippen molar-refractivity contribution in [1.82, 2.24) is 61.1 Å². The highest BCUT2D eigenvalue weighted by Gasteiger charge is 2.45. The molecule has 1 saturated heterocycles. The highest BCUT2D eigenvalue weighted by molar-refractivity contribution is 7.15. The second-order valence-electron chi connectivity index (χ2n) is 21.0. The number of amides is 6. The maximum atomic E-state index is 15.2. The summed E-state index contributed by atoms with van der Waals surface area (Å²) in [5, 5.41) is 64.2. The van der Waals surface area contributed by atoms with Crippen LogP contribution in [-0.2, 0) is 20.8 Å². The van der Waals surface area contributed by atoms with Crippen LogP contribution >= 0.6 is 68.0 Å². The van der Waals surface area contributed by atoms with Gasteiger partial charge in [0.25, 0.3) is 23.6 Å². The summed E-state index contributed by atoms with van der Waals surface area (Å²) in [7, 11) is 0. The minimum absolute atomic E-state index is 0.00812. The Morgan fingerprint density at radius 2 is 1.35 bits per heavy atom. The SMILES string of the molecule is Cc1sc2nc1C(=O)N[C@@H]([C@H](O)c1ccccc1)c1nc(cs1)C(=O)N[C@@H](Cc1ccc(O)cc1)C(=O)N1C[C@H](O)[C@H](C)[C@H]1c1nc(cs1)-c1nc(cs1)-c1nc(-c3nc(C(=O)NCCCCCC(=O)O)cs3)ccc1-c1nc(cs1)C(=O)N[C@H]2CC(N)=O. The number of primary amides is 1. The highest BCUT2D eigenvalue weighted by atomic mass is 32.1. The zero-order valence-corrected chi connectivity index (χ0v) is 52.1.